The number of aliphatic imine (C=N–C) groups is 1. The maximum absolute atomic E-state index is 15.0. The predicted octanol–water partition coefficient (Wildman–Crippen LogP) is 3.58. The molecular weight excluding hydrogens is 423 g/mol. The Morgan fingerprint density at radius 1 is 1.40 bits per heavy atom. The average molecular weight is 444 g/mol. The fourth-order valence-corrected chi connectivity index (χ4v) is 3.61. The number of hydrogen-bond acceptors (Lipinski definition) is 5. The summed E-state index contributed by atoms with van der Waals surface area (Å²) < 4.78 is 51.1. The van der Waals surface area contributed by atoms with Crippen LogP contribution in [0.4, 0.5) is 18.9 Å². The molecule has 1 aliphatic rings. The topological polar surface area (TPSA) is 94.5 Å². The summed E-state index contributed by atoms with van der Waals surface area (Å²) in [6.45, 7) is 2.53. The van der Waals surface area contributed by atoms with Crippen LogP contribution in [0.1, 0.15) is 36.3 Å². The molecule has 1 amide bonds. The lowest BCUT2D eigenvalue weighted by Crippen LogP contribution is -2.47. The van der Waals surface area contributed by atoms with E-state index < -0.39 is 35.4 Å². The number of anilines is 1. The lowest BCUT2D eigenvalue weighted by Gasteiger charge is -2.36. The quantitative estimate of drug-likeness (QED) is 0.738. The van der Waals surface area contributed by atoms with Crippen LogP contribution in [0.15, 0.2) is 29.4 Å². The molecule has 1 atom stereocenters. The normalized spacial score (nSPS) is 21.1. The van der Waals surface area contributed by atoms with E-state index in [9.17, 15) is 9.18 Å². The van der Waals surface area contributed by atoms with Crippen LogP contribution < -0.4 is 11.1 Å². The number of carbonyl (C=O) groups is 1. The Morgan fingerprint density at radius 2 is 2.13 bits per heavy atom. The number of nitrogens with zero attached hydrogens (tertiary/aromatic N) is 3. The monoisotopic (exact) mass is 443 g/mol. The Bertz CT molecular complexity index is 995. The lowest BCUT2D eigenvalue weighted by molar-refractivity contribution is -0.123. The van der Waals surface area contributed by atoms with Crippen molar-refractivity contribution >= 4 is 29.0 Å². The molecule has 0 fully saturated rings. The summed E-state index contributed by atoms with van der Waals surface area (Å²) >= 11 is 6.03. The third-order valence-electron chi connectivity index (χ3n) is 4.91. The van der Waals surface area contributed by atoms with Crippen molar-refractivity contribution in [3.05, 3.63) is 46.5 Å². The summed E-state index contributed by atoms with van der Waals surface area (Å²) in [6, 6.07) is 3.36. The van der Waals surface area contributed by atoms with Gasteiger partial charge in [0.25, 0.3) is 11.8 Å². The van der Waals surface area contributed by atoms with Crippen molar-refractivity contribution in [2.75, 3.05) is 18.5 Å². The van der Waals surface area contributed by atoms with E-state index in [1.807, 2.05) is 6.92 Å². The molecule has 2 aromatic rings. The van der Waals surface area contributed by atoms with Crippen molar-refractivity contribution in [3.8, 4) is 0 Å². The van der Waals surface area contributed by atoms with E-state index in [0.717, 1.165) is 12.1 Å². The highest BCUT2D eigenvalue weighted by Crippen LogP contribution is 2.46. The van der Waals surface area contributed by atoms with Crippen LogP contribution in [0, 0.1) is 5.82 Å². The second-order valence-electron chi connectivity index (χ2n) is 6.84. The molecular formula is C19H21ClF3N5O2. The van der Waals surface area contributed by atoms with E-state index in [0.29, 0.717) is 6.54 Å². The molecule has 0 aliphatic carbocycles. The van der Waals surface area contributed by atoms with Gasteiger partial charge in [-0.2, -0.15) is 5.10 Å². The molecule has 3 N–H and O–H groups in total. The van der Waals surface area contributed by atoms with E-state index in [1.54, 1.807) is 0 Å². The van der Waals surface area contributed by atoms with Crippen LogP contribution in [0.5, 0.6) is 0 Å². The first kappa shape index (κ1) is 22.1. The zero-order chi connectivity index (χ0) is 22.1. The Hall–Kier alpha value is -2.59. The van der Waals surface area contributed by atoms with Crippen LogP contribution in [0.25, 0.3) is 0 Å². The second kappa shape index (κ2) is 8.27. The third-order valence-corrected chi connectivity index (χ3v) is 5.19. The van der Waals surface area contributed by atoms with E-state index in [2.05, 4.69) is 15.4 Å². The van der Waals surface area contributed by atoms with Gasteiger partial charge in [-0.3, -0.25) is 14.5 Å². The fraction of sp³-hybridized carbons (Fsp3) is 0.421. The molecule has 3 rings (SSSR count). The largest absolute Gasteiger partial charge is 0.385 e. The number of alkyl halides is 2. The number of hydrogen-bond donors (Lipinski definition) is 2. The maximum atomic E-state index is 15.0. The van der Waals surface area contributed by atoms with Gasteiger partial charge in [0.05, 0.1) is 5.02 Å². The van der Waals surface area contributed by atoms with Crippen LogP contribution in [-0.4, -0.2) is 40.7 Å². The summed E-state index contributed by atoms with van der Waals surface area (Å²) in [5.41, 5.74) is 3.07. The highest BCUT2D eigenvalue weighted by molar-refractivity contribution is 6.34. The number of nitrogens with one attached hydrogen (secondary N) is 1. The van der Waals surface area contributed by atoms with Gasteiger partial charge in [-0.05, 0) is 31.5 Å². The number of ether oxygens (including phenoxy) is 1. The van der Waals surface area contributed by atoms with Crippen LogP contribution in [0.3, 0.4) is 0 Å². The van der Waals surface area contributed by atoms with Crippen LogP contribution in [0.2, 0.25) is 5.02 Å². The third kappa shape index (κ3) is 3.89. The highest BCUT2D eigenvalue weighted by atomic mass is 35.5. The number of aromatic nitrogens is 2. The van der Waals surface area contributed by atoms with Gasteiger partial charge in [0.2, 0.25) is 0 Å². The second-order valence-corrected chi connectivity index (χ2v) is 7.25. The van der Waals surface area contributed by atoms with E-state index >= 15 is 8.78 Å². The van der Waals surface area contributed by atoms with Gasteiger partial charge >= 0.3 is 0 Å². The molecule has 162 valence electrons. The number of benzene rings is 1. The van der Waals surface area contributed by atoms with Gasteiger partial charge in [-0.25, -0.2) is 13.2 Å². The summed E-state index contributed by atoms with van der Waals surface area (Å²) in [4.78, 5) is 16.5. The van der Waals surface area contributed by atoms with Crippen molar-refractivity contribution < 1.29 is 22.7 Å². The molecule has 0 unspecified atom stereocenters. The van der Waals surface area contributed by atoms with Crippen molar-refractivity contribution in [2.45, 2.75) is 38.3 Å². The molecule has 30 heavy (non-hydrogen) atoms. The SMILES string of the molecule is CCn1cc(Cl)c(C(=O)Nc2ccc(F)c([C@@]3(CC)N=C(N)COCC3(F)F)c2)n1. The van der Waals surface area contributed by atoms with E-state index in [-0.39, 0.29) is 35.3 Å². The van der Waals surface area contributed by atoms with Crippen LogP contribution >= 0.6 is 11.6 Å². The van der Waals surface area contributed by atoms with Gasteiger partial charge in [0, 0.05) is 24.0 Å². The number of halogens is 4. The Morgan fingerprint density at radius 3 is 2.77 bits per heavy atom. The zero-order valence-electron chi connectivity index (χ0n) is 16.4. The fourth-order valence-electron chi connectivity index (χ4n) is 3.37. The standard InChI is InChI=1S/C19H21ClF3N5O2/c1-3-18(19(22,23)10-30-9-15(24)26-18)12-7-11(5-6-14(12)21)25-17(29)16-13(20)8-28(4-2)27-16/h5-8H,3-4,9-10H2,1-2H3,(H2,24,26)(H,25,29)/t18-/m1/s1. The van der Waals surface area contributed by atoms with Gasteiger partial charge < -0.3 is 15.8 Å². The van der Waals surface area contributed by atoms with E-state index in [4.69, 9.17) is 22.1 Å². The first-order valence-electron chi connectivity index (χ1n) is 9.27. The molecule has 2 heterocycles. The molecule has 1 aromatic heterocycles. The minimum Gasteiger partial charge on any atom is -0.385 e. The zero-order valence-corrected chi connectivity index (χ0v) is 17.1. The molecule has 0 saturated heterocycles. The summed E-state index contributed by atoms with van der Waals surface area (Å²) in [5, 5.41) is 6.70. The van der Waals surface area contributed by atoms with E-state index in [1.165, 1.54) is 23.9 Å². The number of aryl methyl sites for hydroxylation is 1. The molecule has 0 bridgehead atoms. The Balaban J connectivity index is 2.03. The Kier molecular flexibility index (Phi) is 6.09. The number of carbonyl (C=O) groups excluding carboxylic acids is 1. The van der Waals surface area contributed by atoms with Gasteiger partial charge in [0.1, 0.15) is 24.9 Å². The number of rotatable bonds is 5. The molecule has 1 aromatic carbocycles. The van der Waals surface area contributed by atoms with Crippen molar-refractivity contribution in [3.63, 3.8) is 0 Å². The lowest BCUT2D eigenvalue weighted by atomic mass is 9.81. The van der Waals surface area contributed by atoms with Gasteiger partial charge in [-0.1, -0.05) is 18.5 Å². The summed E-state index contributed by atoms with van der Waals surface area (Å²) in [5.74, 6) is -5.26. The summed E-state index contributed by atoms with van der Waals surface area (Å²) in [6.07, 6.45) is 1.24. The molecule has 1 aliphatic heterocycles. The number of amides is 1. The number of amidine groups is 1. The average Bonchev–Trinajstić information content (AvgIpc) is 3.03. The Labute approximate surface area is 176 Å². The molecule has 0 radical (unpaired) electrons. The predicted molar refractivity (Wildman–Crippen MR) is 107 cm³/mol. The highest BCUT2D eigenvalue weighted by Gasteiger charge is 2.56. The minimum atomic E-state index is -3.53. The molecule has 0 spiro atoms. The van der Waals surface area contributed by atoms with Gasteiger partial charge in [0.15, 0.2) is 11.2 Å². The molecule has 11 heteroatoms. The van der Waals surface area contributed by atoms with Crippen LogP contribution in [-0.2, 0) is 16.8 Å². The van der Waals surface area contributed by atoms with Crippen molar-refractivity contribution in [1.29, 1.82) is 0 Å². The molecule has 7 nitrogen and oxygen atoms in total. The molecule has 0 saturated carbocycles. The smallest absolute Gasteiger partial charge is 0.299 e. The summed E-state index contributed by atoms with van der Waals surface area (Å²) in [7, 11) is 0. The van der Waals surface area contributed by atoms with Crippen molar-refractivity contribution in [2.24, 2.45) is 10.7 Å². The first-order valence-corrected chi connectivity index (χ1v) is 9.65. The van der Waals surface area contributed by atoms with Gasteiger partial charge in [-0.15, -0.1) is 0 Å². The maximum Gasteiger partial charge on any atom is 0.299 e. The minimum absolute atomic E-state index is 0.0370. The number of nitrogens with two attached hydrogens (primary N) is 1. The van der Waals surface area contributed by atoms with Crippen molar-refractivity contribution in [1.82, 2.24) is 9.78 Å². The first-order chi connectivity index (χ1) is 14.1.